The summed E-state index contributed by atoms with van der Waals surface area (Å²) in [5.41, 5.74) is 2.81. The summed E-state index contributed by atoms with van der Waals surface area (Å²) in [6, 6.07) is 17.9. The third-order valence-electron chi connectivity index (χ3n) is 5.50. The van der Waals surface area contributed by atoms with Crippen molar-refractivity contribution < 1.29 is 22.7 Å². The number of aryl methyl sites for hydroxylation is 1. The first-order valence-electron chi connectivity index (χ1n) is 11.5. The lowest BCUT2D eigenvalue weighted by Gasteiger charge is -2.25. The molecule has 1 N–H and O–H groups in total. The molecule has 0 aliphatic heterocycles. The topological polar surface area (TPSA) is 92.8 Å². The van der Waals surface area contributed by atoms with Crippen molar-refractivity contribution in [1.82, 2.24) is 0 Å². The van der Waals surface area contributed by atoms with Crippen LogP contribution in [0, 0.1) is 6.92 Å². The summed E-state index contributed by atoms with van der Waals surface area (Å²) in [6.07, 6.45) is 0. The average molecular weight is 529 g/mol. The van der Waals surface area contributed by atoms with Gasteiger partial charge < -0.3 is 10.1 Å². The number of carbonyl (C=O) groups excluding carboxylic acids is 2. The minimum Gasteiger partial charge on any atom is -0.462 e. The lowest BCUT2D eigenvalue weighted by molar-refractivity contribution is -0.114. The lowest BCUT2D eigenvalue weighted by Crippen LogP contribution is -2.38. The van der Waals surface area contributed by atoms with E-state index in [0.717, 1.165) is 15.4 Å². The number of hydrogen-bond acceptors (Lipinski definition) is 5. The summed E-state index contributed by atoms with van der Waals surface area (Å²) < 4.78 is 33.2. The minimum absolute atomic E-state index is 0.0747. The third-order valence-corrected chi connectivity index (χ3v) is 7.60. The van der Waals surface area contributed by atoms with Gasteiger partial charge in [-0.05, 0) is 67.8 Å². The van der Waals surface area contributed by atoms with Gasteiger partial charge in [0.25, 0.3) is 10.0 Å². The fraction of sp³-hybridized carbons (Fsp3) is 0.259. The number of nitrogens with one attached hydrogen (secondary N) is 1. The number of benzene rings is 3. The van der Waals surface area contributed by atoms with Crippen molar-refractivity contribution in [2.75, 3.05) is 22.8 Å². The molecular weight excluding hydrogens is 500 g/mol. The van der Waals surface area contributed by atoms with Crippen LogP contribution in [0.15, 0.2) is 71.6 Å². The Balaban J connectivity index is 1.90. The molecule has 0 spiro atoms. The highest BCUT2D eigenvalue weighted by atomic mass is 35.5. The van der Waals surface area contributed by atoms with Gasteiger partial charge in [-0.1, -0.05) is 55.3 Å². The van der Waals surface area contributed by atoms with Crippen LogP contribution in [0.2, 0.25) is 5.02 Å². The smallest absolute Gasteiger partial charge is 0.338 e. The van der Waals surface area contributed by atoms with Crippen LogP contribution in [-0.4, -0.2) is 33.4 Å². The molecule has 3 aromatic carbocycles. The zero-order valence-corrected chi connectivity index (χ0v) is 22.2. The van der Waals surface area contributed by atoms with Crippen molar-refractivity contribution in [2.24, 2.45) is 0 Å². The Bertz CT molecular complexity index is 1340. The molecule has 0 bridgehead atoms. The van der Waals surface area contributed by atoms with Crippen LogP contribution < -0.4 is 9.62 Å². The number of nitrogens with zero attached hydrogens (tertiary/aromatic N) is 1. The monoisotopic (exact) mass is 528 g/mol. The molecule has 0 radical (unpaired) electrons. The molecule has 0 saturated heterocycles. The number of rotatable bonds is 9. The minimum atomic E-state index is -4.05. The highest BCUT2D eigenvalue weighted by Gasteiger charge is 2.27. The summed E-state index contributed by atoms with van der Waals surface area (Å²) in [5, 5.41) is 2.77. The molecule has 0 fully saturated rings. The Kier molecular flexibility index (Phi) is 8.76. The molecule has 36 heavy (non-hydrogen) atoms. The lowest BCUT2D eigenvalue weighted by atomic mass is 10.0. The quantitative estimate of drug-likeness (QED) is 0.355. The van der Waals surface area contributed by atoms with Gasteiger partial charge in [0, 0.05) is 0 Å². The van der Waals surface area contributed by atoms with Crippen molar-refractivity contribution in [2.45, 2.75) is 38.5 Å². The van der Waals surface area contributed by atoms with Gasteiger partial charge in [-0.2, -0.15) is 0 Å². The van der Waals surface area contributed by atoms with Gasteiger partial charge in [-0.3, -0.25) is 9.10 Å². The van der Waals surface area contributed by atoms with Crippen LogP contribution in [0.3, 0.4) is 0 Å². The van der Waals surface area contributed by atoms with E-state index in [9.17, 15) is 18.0 Å². The summed E-state index contributed by atoms with van der Waals surface area (Å²) in [5.74, 6) is -0.855. The van der Waals surface area contributed by atoms with Crippen LogP contribution >= 0.6 is 11.6 Å². The number of hydrogen-bond donors (Lipinski definition) is 1. The molecule has 0 aliphatic carbocycles. The maximum Gasteiger partial charge on any atom is 0.338 e. The molecule has 0 aliphatic rings. The van der Waals surface area contributed by atoms with Gasteiger partial charge in [0.2, 0.25) is 5.91 Å². The molecular formula is C27H29ClN2O5S. The third kappa shape index (κ3) is 6.44. The average Bonchev–Trinajstić information content (AvgIpc) is 2.84. The summed E-state index contributed by atoms with van der Waals surface area (Å²) in [4.78, 5) is 25.0. The van der Waals surface area contributed by atoms with Crippen LogP contribution in [0.25, 0.3) is 0 Å². The van der Waals surface area contributed by atoms with Gasteiger partial charge in [-0.15, -0.1) is 0 Å². The van der Waals surface area contributed by atoms with Crippen LogP contribution in [0.4, 0.5) is 11.4 Å². The number of sulfonamides is 1. The maximum absolute atomic E-state index is 13.6. The van der Waals surface area contributed by atoms with Gasteiger partial charge in [-0.25, -0.2) is 13.2 Å². The van der Waals surface area contributed by atoms with Crippen molar-refractivity contribution in [3.05, 3.63) is 88.4 Å². The van der Waals surface area contributed by atoms with E-state index < -0.39 is 28.4 Å². The highest BCUT2D eigenvalue weighted by Crippen LogP contribution is 2.27. The highest BCUT2D eigenvalue weighted by molar-refractivity contribution is 7.92. The number of carbonyl (C=O) groups is 2. The van der Waals surface area contributed by atoms with Crippen molar-refractivity contribution in [1.29, 1.82) is 0 Å². The van der Waals surface area contributed by atoms with E-state index in [2.05, 4.69) is 5.32 Å². The largest absolute Gasteiger partial charge is 0.462 e. The number of halogens is 1. The second-order valence-electron chi connectivity index (χ2n) is 8.53. The summed E-state index contributed by atoms with van der Waals surface area (Å²) in [6.45, 7) is 7.39. The zero-order valence-electron chi connectivity index (χ0n) is 20.6. The summed E-state index contributed by atoms with van der Waals surface area (Å²) in [7, 11) is -4.05. The number of esters is 1. The molecule has 3 rings (SSSR count). The zero-order chi connectivity index (χ0) is 26.5. The van der Waals surface area contributed by atoms with E-state index >= 15 is 0 Å². The van der Waals surface area contributed by atoms with Crippen LogP contribution in [0.5, 0.6) is 0 Å². The molecule has 190 valence electrons. The molecule has 0 saturated carbocycles. The van der Waals surface area contributed by atoms with Crippen LogP contribution in [-0.2, 0) is 19.6 Å². The van der Waals surface area contributed by atoms with Crippen molar-refractivity contribution in [3.63, 3.8) is 0 Å². The van der Waals surface area contributed by atoms with Crippen molar-refractivity contribution in [3.8, 4) is 0 Å². The normalized spacial score (nSPS) is 11.3. The van der Waals surface area contributed by atoms with Gasteiger partial charge in [0.15, 0.2) is 0 Å². The van der Waals surface area contributed by atoms with E-state index in [0.29, 0.717) is 5.69 Å². The molecule has 7 nitrogen and oxygen atoms in total. The van der Waals surface area contributed by atoms with E-state index in [-0.39, 0.29) is 33.7 Å². The Morgan fingerprint density at radius 1 is 1.00 bits per heavy atom. The van der Waals surface area contributed by atoms with Gasteiger partial charge >= 0.3 is 5.97 Å². The molecule has 9 heteroatoms. The van der Waals surface area contributed by atoms with Gasteiger partial charge in [0.1, 0.15) is 6.54 Å². The fourth-order valence-corrected chi connectivity index (χ4v) is 5.10. The second-order valence-corrected chi connectivity index (χ2v) is 10.8. The predicted octanol–water partition coefficient (Wildman–Crippen LogP) is 5.78. The molecule has 0 atom stereocenters. The number of amides is 1. The first kappa shape index (κ1) is 27.2. The van der Waals surface area contributed by atoms with E-state index in [1.54, 1.807) is 31.2 Å². The standard InChI is InChI=1S/C27H29ClN2O5S/c1-5-35-27(32)21-10-15-25(24(28)16-21)29-26(31)17-30(22-11-8-20(9-12-22)18(2)3)36(33,34)23-13-6-19(4)7-14-23/h6-16,18H,5,17H2,1-4H3,(H,29,31). The van der Waals surface area contributed by atoms with Crippen LogP contribution in [0.1, 0.15) is 48.2 Å². The number of anilines is 2. The molecule has 3 aromatic rings. The number of ether oxygens (including phenoxy) is 1. The Labute approximate surface area is 217 Å². The Morgan fingerprint density at radius 3 is 2.19 bits per heavy atom. The molecule has 0 unspecified atom stereocenters. The molecule has 0 aromatic heterocycles. The Hall–Kier alpha value is -3.36. The SMILES string of the molecule is CCOC(=O)c1ccc(NC(=O)CN(c2ccc(C(C)C)cc2)S(=O)(=O)c2ccc(C)cc2)c(Cl)c1. The maximum atomic E-state index is 13.6. The van der Waals surface area contributed by atoms with Gasteiger partial charge in [0.05, 0.1) is 33.5 Å². The van der Waals surface area contributed by atoms with E-state index in [1.165, 1.54) is 30.3 Å². The van der Waals surface area contributed by atoms with Crippen molar-refractivity contribution >= 4 is 44.9 Å². The first-order chi connectivity index (χ1) is 17.0. The predicted molar refractivity (Wildman–Crippen MR) is 142 cm³/mol. The Morgan fingerprint density at radius 2 is 1.64 bits per heavy atom. The summed E-state index contributed by atoms with van der Waals surface area (Å²) >= 11 is 6.26. The second kappa shape index (κ2) is 11.6. The first-order valence-corrected chi connectivity index (χ1v) is 13.3. The van der Waals surface area contributed by atoms with E-state index in [1.807, 2.05) is 32.9 Å². The fourth-order valence-electron chi connectivity index (χ4n) is 3.46. The molecule has 1 amide bonds. The molecule has 0 heterocycles. The van der Waals surface area contributed by atoms with E-state index in [4.69, 9.17) is 16.3 Å².